The summed E-state index contributed by atoms with van der Waals surface area (Å²) in [5, 5.41) is 2.94. The summed E-state index contributed by atoms with van der Waals surface area (Å²) in [5.74, 6) is -1.42. The van der Waals surface area contributed by atoms with Gasteiger partial charge >= 0.3 is 0 Å². The molecular formula is C30H36FN3O4S. The number of anilines is 1. The maximum absolute atomic E-state index is 14.0. The van der Waals surface area contributed by atoms with Crippen molar-refractivity contribution in [1.82, 2.24) is 10.2 Å². The number of halogens is 1. The average molecular weight is 554 g/mol. The fourth-order valence-corrected chi connectivity index (χ4v) is 5.54. The first kappa shape index (κ1) is 29.8. The molecule has 39 heavy (non-hydrogen) atoms. The maximum atomic E-state index is 14.0. The Labute approximate surface area is 230 Å². The van der Waals surface area contributed by atoms with Crippen molar-refractivity contribution >= 4 is 27.5 Å². The van der Waals surface area contributed by atoms with Crippen molar-refractivity contribution in [3.05, 3.63) is 95.8 Å². The van der Waals surface area contributed by atoms with Crippen LogP contribution in [-0.4, -0.2) is 43.3 Å². The van der Waals surface area contributed by atoms with Crippen LogP contribution >= 0.6 is 0 Å². The van der Waals surface area contributed by atoms with E-state index >= 15 is 0 Å². The van der Waals surface area contributed by atoms with E-state index in [1.807, 2.05) is 58.0 Å². The zero-order chi connectivity index (χ0) is 28.8. The van der Waals surface area contributed by atoms with Gasteiger partial charge in [0.25, 0.3) is 10.0 Å². The smallest absolute Gasteiger partial charge is 0.264 e. The molecule has 0 fully saturated rings. The molecule has 1 atom stereocenters. The Bertz CT molecular complexity index is 1370. The highest BCUT2D eigenvalue weighted by molar-refractivity contribution is 7.92. The van der Waals surface area contributed by atoms with Crippen molar-refractivity contribution in [1.29, 1.82) is 0 Å². The zero-order valence-electron chi connectivity index (χ0n) is 23.0. The third-order valence-electron chi connectivity index (χ3n) is 6.08. The van der Waals surface area contributed by atoms with Gasteiger partial charge in [0, 0.05) is 12.1 Å². The predicted molar refractivity (Wildman–Crippen MR) is 151 cm³/mol. The van der Waals surface area contributed by atoms with Gasteiger partial charge in [-0.25, -0.2) is 12.8 Å². The molecule has 0 aromatic heterocycles. The van der Waals surface area contributed by atoms with Crippen LogP contribution in [0.1, 0.15) is 45.2 Å². The van der Waals surface area contributed by atoms with Gasteiger partial charge in [-0.2, -0.15) is 0 Å². The van der Waals surface area contributed by atoms with Gasteiger partial charge in [-0.15, -0.1) is 0 Å². The molecule has 0 aliphatic heterocycles. The molecule has 0 bridgehead atoms. The normalized spacial score (nSPS) is 12.5. The van der Waals surface area contributed by atoms with E-state index in [1.165, 1.54) is 29.2 Å². The van der Waals surface area contributed by atoms with Crippen molar-refractivity contribution < 1.29 is 22.4 Å². The summed E-state index contributed by atoms with van der Waals surface area (Å²) in [6, 6.07) is 19.6. The van der Waals surface area contributed by atoms with E-state index in [9.17, 15) is 22.4 Å². The summed E-state index contributed by atoms with van der Waals surface area (Å²) in [5.41, 5.74) is 1.28. The van der Waals surface area contributed by atoms with Gasteiger partial charge in [-0.05, 0) is 76.1 Å². The number of amides is 2. The molecule has 7 nitrogen and oxygen atoms in total. The summed E-state index contributed by atoms with van der Waals surface area (Å²) < 4.78 is 42.3. The van der Waals surface area contributed by atoms with Crippen LogP contribution in [0.2, 0.25) is 0 Å². The maximum Gasteiger partial charge on any atom is 0.264 e. The van der Waals surface area contributed by atoms with E-state index in [4.69, 9.17) is 0 Å². The molecule has 1 N–H and O–H groups in total. The highest BCUT2D eigenvalue weighted by atomic mass is 32.2. The molecule has 9 heteroatoms. The van der Waals surface area contributed by atoms with Crippen LogP contribution in [0.15, 0.2) is 83.8 Å². The summed E-state index contributed by atoms with van der Waals surface area (Å²) in [6.45, 7) is 8.74. The lowest BCUT2D eigenvalue weighted by atomic mass is 10.1. The van der Waals surface area contributed by atoms with Gasteiger partial charge < -0.3 is 10.2 Å². The van der Waals surface area contributed by atoms with Crippen LogP contribution < -0.4 is 9.62 Å². The minimum atomic E-state index is -4.20. The molecule has 2 amide bonds. The Kier molecular flexibility index (Phi) is 9.50. The SMILES string of the molecule is CCC(C(=O)NC(C)(C)C)N(Cc1ccccc1)C(=O)CN(c1ccc(F)cc1)S(=O)(=O)c1ccc(C)cc1. The zero-order valence-corrected chi connectivity index (χ0v) is 23.8. The quantitative estimate of drug-likeness (QED) is 0.381. The molecule has 0 heterocycles. The Morgan fingerprint density at radius 3 is 2.05 bits per heavy atom. The second kappa shape index (κ2) is 12.4. The number of carbonyl (C=O) groups excluding carboxylic acids is 2. The van der Waals surface area contributed by atoms with Gasteiger partial charge in [-0.1, -0.05) is 55.0 Å². The number of nitrogens with one attached hydrogen (secondary N) is 1. The minimum absolute atomic E-state index is 0.00245. The summed E-state index contributed by atoms with van der Waals surface area (Å²) in [7, 11) is -4.20. The number of hydrogen-bond donors (Lipinski definition) is 1. The highest BCUT2D eigenvalue weighted by Gasteiger charge is 2.34. The summed E-state index contributed by atoms with van der Waals surface area (Å²) in [4.78, 5) is 28.7. The molecule has 3 rings (SSSR count). The third kappa shape index (κ3) is 7.89. The summed E-state index contributed by atoms with van der Waals surface area (Å²) >= 11 is 0. The molecule has 3 aromatic rings. The lowest BCUT2D eigenvalue weighted by Gasteiger charge is -2.34. The lowest BCUT2D eigenvalue weighted by molar-refractivity contribution is -0.141. The number of sulfonamides is 1. The molecule has 3 aromatic carbocycles. The molecule has 208 valence electrons. The Morgan fingerprint density at radius 2 is 1.51 bits per heavy atom. The van der Waals surface area contributed by atoms with Gasteiger partial charge in [0.2, 0.25) is 11.8 Å². The van der Waals surface area contributed by atoms with Crippen molar-refractivity contribution in [2.75, 3.05) is 10.8 Å². The van der Waals surface area contributed by atoms with Gasteiger partial charge in [-0.3, -0.25) is 13.9 Å². The van der Waals surface area contributed by atoms with Crippen molar-refractivity contribution in [2.45, 2.75) is 64.1 Å². The van der Waals surface area contributed by atoms with Crippen LogP contribution in [0, 0.1) is 12.7 Å². The number of rotatable bonds is 10. The largest absolute Gasteiger partial charge is 0.350 e. The topological polar surface area (TPSA) is 86.8 Å². The van der Waals surface area contributed by atoms with E-state index in [1.54, 1.807) is 19.1 Å². The molecule has 0 radical (unpaired) electrons. The number of hydrogen-bond acceptors (Lipinski definition) is 4. The molecule has 0 aliphatic rings. The first-order chi connectivity index (χ1) is 18.3. The average Bonchev–Trinajstić information content (AvgIpc) is 2.87. The molecule has 0 aliphatic carbocycles. The minimum Gasteiger partial charge on any atom is -0.350 e. The van der Waals surface area contributed by atoms with E-state index in [2.05, 4.69) is 5.32 Å². The van der Waals surface area contributed by atoms with E-state index in [-0.39, 0.29) is 23.0 Å². The standard InChI is InChI=1S/C30H36FN3O4S/c1-6-27(29(36)32-30(3,4)5)33(20-23-10-8-7-9-11-23)28(35)21-34(25-16-14-24(31)15-17-25)39(37,38)26-18-12-22(2)13-19-26/h7-19,27H,6,20-21H2,1-5H3,(H,32,36). The summed E-state index contributed by atoms with van der Waals surface area (Å²) in [6.07, 6.45) is 0.321. The molecule has 0 saturated carbocycles. The van der Waals surface area contributed by atoms with Gasteiger partial charge in [0.05, 0.1) is 10.6 Å². The van der Waals surface area contributed by atoms with Crippen molar-refractivity contribution in [3.8, 4) is 0 Å². The van der Waals surface area contributed by atoms with Crippen molar-refractivity contribution in [2.24, 2.45) is 0 Å². The van der Waals surface area contributed by atoms with Gasteiger partial charge in [0.1, 0.15) is 18.4 Å². The molecule has 1 unspecified atom stereocenters. The van der Waals surface area contributed by atoms with Gasteiger partial charge in [0.15, 0.2) is 0 Å². The molecule has 0 saturated heterocycles. The van der Waals surface area contributed by atoms with Crippen LogP contribution in [0.5, 0.6) is 0 Å². The fourth-order valence-electron chi connectivity index (χ4n) is 4.13. The number of nitrogens with zero attached hydrogens (tertiary/aromatic N) is 2. The monoisotopic (exact) mass is 553 g/mol. The number of carbonyl (C=O) groups is 2. The predicted octanol–water partition coefficient (Wildman–Crippen LogP) is 5.05. The van der Waals surface area contributed by atoms with E-state index < -0.39 is 39.9 Å². The van der Waals surface area contributed by atoms with E-state index in [0.717, 1.165) is 27.6 Å². The van der Waals surface area contributed by atoms with Crippen LogP contribution in [0.25, 0.3) is 0 Å². The Morgan fingerprint density at radius 1 is 0.923 bits per heavy atom. The second-order valence-electron chi connectivity index (χ2n) is 10.5. The first-order valence-electron chi connectivity index (χ1n) is 12.8. The second-order valence-corrected chi connectivity index (χ2v) is 12.3. The number of benzene rings is 3. The molecular weight excluding hydrogens is 517 g/mol. The van der Waals surface area contributed by atoms with E-state index in [0.29, 0.717) is 6.42 Å². The lowest BCUT2D eigenvalue weighted by Crippen LogP contribution is -2.55. The Balaban J connectivity index is 2.05. The highest BCUT2D eigenvalue weighted by Crippen LogP contribution is 2.25. The first-order valence-corrected chi connectivity index (χ1v) is 14.3. The number of aryl methyl sites for hydroxylation is 1. The van der Waals surface area contributed by atoms with Crippen LogP contribution in [-0.2, 0) is 26.2 Å². The van der Waals surface area contributed by atoms with Crippen LogP contribution in [0.3, 0.4) is 0 Å². The van der Waals surface area contributed by atoms with Crippen molar-refractivity contribution in [3.63, 3.8) is 0 Å². The Hall–Kier alpha value is -3.72. The molecule has 0 spiro atoms. The van der Waals surface area contributed by atoms with Crippen LogP contribution in [0.4, 0.5) is 10.1 Å². The third-order valence-corrected chi connectivity index (χ3v) is 7.87. The fraction of sp³-hybridized carbons (Fsp3) is 0.333.